The van der Waals surface area contributed by atoms with E-state index in [0.717, 1.165) is 0 Å². The van der Waals surface area contributed by atoms with Gasteiger partial charge in [0.2, 0.25) is 0 Å². The minimum Gasteiger partial charge on any atom is -0.466 e. The van der Waals surface area contributed by atoms with Crippen molar-refractivity contribution in [1.82, 2.24) is 0 Å². The van der Waals surface area contributed by atoms with Crippen molar-refractivity contribution in [3.63, 3.8) is 0 Å². The summed E-state index contributed by atoms with van der Waals surface area (Å²) >= 11 is 0. The van der Waals surface area contributed by atoms with Gasteiger partial charge < -0.3 is 9.47 Å². The summed E-state index contributed by atoms with van der Waals surface area (Å²) in [6.45, 7) is 4.75. The number of halogens is 3. The highest BCUT2D eigenvalue weighted by atomic mass is 19.4. The lowest BCUT2D eigenvalue weighted by atomic mass is 9.87. The molecule has 2 rings (SSSR count). The first-order chi connectivity index (χ1) is 9.74. The molecule has 0 N–H and O–H groups in total. The van der Waals surface area contributed by atoms with E-state index in [1.165, 1.54) is 0 Å². The highest BCUT2D eigenvalue weighted by molar-refractivity contribution is 5.89. The Morgan fingerprint density at radius 3 is 2.33 bits per heavy atom. The SMILES string of the molecule is C=C(C(=O)OC1CC2CC1CC2C(=O)OCC)C(F)(F)F. The standard InChI is InChI=1S/C14H17F3O4/c1-3-20-13(19)10-5-9-4-8(10)6-11(9)21-12(18)7(2)14(15,16)17/h8-11H,2-6H2,1H3. The van der Waals surface area contributed by atoms with Crippen molar-refractivity contribution in [2.75, 3.05) is 6.61 Å². The fourth-order valence-corrected chi connectivity index (χ4v) is 3.23. The maximum absolute atomic E-state index is 12.4. The van der Waals surface area contributed by atoms with Crippen LogP contribution in [0.2, 0.25) is 0 Å². The van der Waals surface area contributed by atoms with E-state index < -0.39 is 23.8 Å². The first-order valence-electron chi connectivity index (χ1n) is 6.87. The van der Waals surface area contributed by atoms with Crippen LogP contribution in [0.3, 0.4) is 0 Å². The van der Waals surface area contributed by atoms with Gasteiger partial charge in [0.05, 0.1) is 12.5 Å². The van der Waals surface area contributed by atoms with Gasteiger partial charge in [-0.05, 0) is 38.0 Å². The summed E-state index contributed by atoms with van der Waals surface area (Å²) in [7, 11) is 0. The van der Waals surface area contributed by atoms with E-state index >= 15 is 0 Å². The molecule has 4 unspecified atom stereocenters. The maximum atomic E-state index is 12.4. The zero-order valence-corrected chi connectivity index (χ0v) is 11.6. The van der Waals surface area contributed by atoms with Crippen LogP contribution in [0.4, 0.5) is 13.2 Å². The largest absolute Gasteiger partial charge is 0.466 e. The van der Waals surface area contributed by atoms with Crippen molar-refractivity contribution in [2.45, 2.75) is 38.5 Å². The van der Waals surface area contributed by atoms with E-state index in [-0.39, 0.29) is 23.7 Å². The maximum Gasteiger partial charge on any atom is 0.422 e. The Morgan fingerprint density at radius 1 is 1.19 bits per heavy atom. The number of ether oxygens (including phenoxy) is 2. The molecule has 2 bridgehead atoms. The van der Waals surface area contributed by atoms with Gasteiger partial charge >= 0.3 is 18.1 Å². The Hall–Kier alpha value is -1.53. The topological polar surface area (TPSA) is 52.6 Å². The van der Waals surface area contributed by atoms with Crippen LogP contribution < -0.4 is 0 Å². The zero-order valence-electron chi connectivity index (χ0n) is 11.6. The zero-order chi connectivity index (χ0) is 15.8. The third-order valence-electron chi connectivity index (χ3n) is 4.23. The lowest BCUT2D eigenvalue weighted by Crippen LogP contribution is -2.33. The minimum atomic E-state index is -4.78. The molecule has 2 aliphatic rings. The number of fused-ring (bicyclic) bond motifs is 2. The Balaban J connectivity index is 1.90. The molecule has 2 saturated carbocycles. The number of esters is 2. The first-order valence-corrected chi connectivity index (χ1v) is 6.87. The van der Waals surface area contributed by atoms with E-state index in [0.29, 0.717) is 25.9 Å². The van der Waals surface area contributed by atoms with Gasteiger partial charge in [-0.2, -0.15) is 13.2 Å². The van der Waals surface area contributed by atoms with Gasteiger partial charge in [0.1, 0.15) is 11.7 Å². The molecule has 21 heavy (non-hydrogen) atoms. The van der Waals surface area contributed by atoms with Gasteiger partial charge in [0.25, 0.3) is 0 Å². The van der Waals surface area contributed by atoms with Gasteiger partial charge in [-0.1, -0.05) is 6.58 Å². The van der Waals surface area contributed by atoms with Crippen LogP contribution in [-0.2, 0) is 19.1 Å². The van der Waals surface area contributed by atoms with Crippen molar-refractivity contribution < 1.29 is 32.2 Å². The molecule has 0 aromatic heterocycles. The third-order valence-corrected chi connectivity index (χ3v) is 4.23. The normalized spacial score (nSPS) is 31.0. The van der Waals surface area contributed by atoms with Crippen LogP contribution in [0, 0.1) is 17.8 Å². The number of carbonyl (C=O) groups excluding carboxylic acids is 2. The molecule has 2 fully saturated rings. The molecule has 0 aliphatic heterocycles. The van der Waals surface area contributed by atoms with Crippen LogP contribution >= 0.6 is 0 Å². The molecule has 0 saturated heterocycles. The lowest BCUT2D eigenvalue weighted by molar-refractivity contribution is -0.159. The molecule has 118 valence electrons. The van der Waals surface area contributed by atoms with E-state index in [9.17, 15) is 22.8 Å². The van der Waals surface area contributed by atoms with Gasteiger partial charge in [0.15, 0.2) is 0 Å². The molecule has 4 atom stereocenters. The fourth-order valence-electron chi connectivity index (χ4n) is 3.23. The van der Waals surface area contributed by atoms with Crippen LogP contribution in [0.5, 0.6) is 0 Å². The predicted molar refractivity (Wildman–Crippen MR) is 66.0 cm³/mol. The summed E-state index contributed by atoms with van der Waals surface area (Å²) < 4.78 is 46.9. The van der Waals surface area contributed by atoms with Crippen molar-refractivity contribution in [3.8, 4) is 0 Å². The number of hydrogen-bond donors (Lipinski definition) is 0. The molecule has 0 amide bonds. The predicted octanol–water partition coefficient (Wildman–Crippen LogP) is 2.63. The Labute approximate surface area is 120 Å². The average molecular weight is 306 g/mol. The summed E-state index contributed by atoms with van der Waals surface area (Å²) in [6, 6.07) is 0. The molecule has 0 aromatic carbocycles. The Bertz CT molecular complexity index is 458. The van der Waals surface area contributed by atoms with Crippen molar-refractivity contribution in [1.29, 1.82) is 0 Å². The number of carbonyl (C=O) groups is 2. The van der Waals surface area contributed by atoms with Crippen molar-refractivity contribution in [3.05, 3.63) is 12.2 Å². The Kier molecular flexibility index (Phi) is 4.30. The fraction of sp³-hybridized carbons (Fsp3) is 0.714. The summed E-state index contributed by atoms with van der Waals surface area (Å²) in [5.74, 6) is -1.97. The third kappa shape index (κ3) is 3.22. The molecule has 7 heteroatoms. The van der Waals surface area contributed by atoms with Gasteiger partial charge in [-0.3, -0.25) is 4.79 Å². The quantitative estimate of drug-likeness (QED) is 0.592. The van der Waals surface area contributed by atoms with Crippen LogP contribution in [-0.4, -0.2) is 30.8 Å². The summed E-state index contributed by atoms with van der Waals surface area (Å²) in [6.07, 6.45) is -3.75. The lowest BCUT2D eigenvalue weighted by Gasteiger charge is -2.27. The van der Waals surface area contributed by atoms with E-state index in [1.807, 2.05) is 0 Å². The van der Waals surface area contributed by atoms with Gasteiger partial charge in [0, 0.05) is 0 Å². The van der Waals surface area contributed by atoms with E-state index in [4.69, 9.17) is 9.47 Å². The van der Waals surface area contributed by atoms with Gasteiger partial charge in [-0.25, -0.2) is 4.79 Å². The van der Waals surface area contributed by atoms with Gasteiger partial charge in [-0.15, -0.1) is 0 Å². The Morgan fingerprint density at radius 2 is 1.86 bits per heavy atom. The number of hydrogen-bond acceptors (Lipinski definition) is 4. The molecular formula is C14H17F3O4. The van der Waals surface area contributed by atoms with Crippen LogP contribution in [0.1, 0.15) is 26.2 Å². The average Bonchev–Trinajstić information content (AvgIpc) is 2.96. The second-order valence-electron chi connectivity index (χ2n) is 5.51. The monoisotopic (exact) mass is 306 g/mol. The summed E-state index contributed by atoms with van der Waals surface area (Å²) in [5, 5.41) is 0. The van der Waals surface area contributed by atoms with Crippen LogP contribution in [0.15, 0.2) is 12.2 Å². The molecule has 2 aliphatic carbocycles. The van der Waals surface area contributed by atoms with Crippen molar-refractivity contribution >= 4 is 11.9 Å². The first kappa shape index (κ1) is 15.9. The second kappa shape index (κ2) is 5.69. The number of alkyl halides is 3. The van der Waals surface area contributed by atoms with Crippen molar-refractivity contribution in [2.24, 2.45) is 17.8 Å². The molecule has 4 nitrogen and oxygen atoms in total. The molecule has 0 radical (unpaired) electrons. The molecule has 0 aromatic rings. The highest BCUT2D eigenvalue weighted by Gasteiger charge is 2.51. The molecular weight excluding hydrogens is 289 g/mol. The number of rotatable bonds is 4. The molecule has 0 heterocycles. The molecule has 0 spiro atoms. The highest BCUT2D eigenvalue weighted by Crippen LogP contribution is 2.50. The van der Waals surface area contributed by atoms with Crippen LogP contribution in [0.25, 0.3) is 0 Å². The van der Waals surface area contributed by atoms with E-state index in [2.05, 4.69) is 6.58 Å². The summed E-state index contributed by atoms with van der Waals surface area (Å²) in [4.78, 5) is 23.1. The minimum absolute atomic E-state index is 0.0194. The second-order valence-corrected chi connectivity index (χ2v) is 5.51. The van der Waals surface area contributed by atoms with E-state index in [1.54, 1.807) is 6.92 Å². The smallest absolute Gasteiger partial charge is 0.422 e. The summed E-state index contributed by atoms with van der Waals surface area (Å²) in [5.41, 5.74) is -1.49.